The molecule has 0 atom stereocenters. The van der Waals surface area contributed by atoms with Gasteiger partial charge in [0.15, 0.2) is 0 Å². The van der Waals surface area contributed by atoms with Crippen LogP contribution in [0.15, 0.2) is 16.6 Å². The summed E-state index contributed by atoms with van der Waals surface area (Å²) >= 11 is 3.26. The lowest BCUT2D eigenvalue weighted by Crippen LogP contribution is -2.03. The van der Waals surface area contributed by atoms with Gasteiger partial charge >= 0.3 is 0 Å². The fourth-order valence-electron chi connectivity index (χ4n) is 2.27. The lowest BCUT2D eigenvalue weighted by molar-refractivity contribution is 0.630. The highest BCUT2D eigenvalue weighted by atomic mass is 79.9. The average molecular weight is 325 g/mol. The first-order valence-corrected chi connectivity index (χ1v) is 7.19. The lowest BCUT2D eigenvalue weighted by atomic mass is 10.0. The van der Waals surface area contributed by atoms with Crippen LogP contribution in [0.2, 0.25) is 0 Å². The van der Waals surface area contributed by atoms with Crippen molar-refractivity contribution in [3.05, 3.63) is 33.7 Å². The molecule has 0 aliphatic rings. The maximum Gasteiger partial charge on any atom is 0.148 e. The number of aryl methyl sites for hydroxylation is 1. The molecule has 0 saturated carbocycles. The first kappa shape index (κ1) is 14.3. The zero-order valence-corrected chi connectivity index (χ0v) is 13.2. The monoisotopic (exact) mass is 324 g/mol. The maximum absolute atomic E-state index is 14.3. The van der Waals surface area contributed by atoms with Crippen LogP contribution < -0.4 is 5.32 Å². The topological polar surface area (TPSA) is 24.9 Å². The summed E-state index contributed by atoms with van der Waals surface area (Å²) in [5, 5.41) is 3.64. The van der Waals surface area contributed by atoms with Crippen LogP contribution in [0.5, 0.6) is 0 Å². The summed E-state index contributed by atoms with van der Waals surface area (Å²) in [6, 6.07) is 3.72. The first-order valence-electron chi connectivity index (χ1n) is 6.40. The summed E-state index contributed by atoms with van der Waals surface area (Å²) in [6.45, 7) is 6.26. The molecule has 2 aromatic rings. The molecule has 19 heavy (non-hydrogen) atoms. The van der Waals surface area contributed by atoms with Crippen LogP contribution in [-0.4, -0.2) is 12.0 Å². The second-order valence-corrected chi connectivity index (χ2v) is 6.08. The van der Waals surface area contributed by atoms with Gasteiger partial charge in [-0.05, 0) is 52.9 Å². The van der Waals surface area contributed by atoms with Gasteiger partial charge in [-0.3, -0.25) is 4.98 Å². The quantitative estimate of drug-likeness (QED) is 0.886. The van der Waals surface area contributed by atoms with Crippen molar-refractivity contribution in [2.45, 2.75) is 27.2 Å². The molecule has 2 nitrogen and oxygen atoms in total. The molecule has 0 saturated heterocycles. The third-order valence-corrected chi connectivity index (χ3v) is 3.68. The normalized spacial score (nSPS) is 11.3. The van der Waals surface area contributed by atoms with E-state index < -0.39 is 0 Å². The minimum atomic E-state index is -0.256. The highest BCUT2D eigenvalue weighted by Gasteiger charge is 2.15. The zero-order valence-electron chi connectivity index (χ0n) is 11.6. The SMILES string of the molecule is CNc1cc(CC(C)C)nc2c(C)cc(Br)c(F)c12. The Balaban J connectivity index is 2.77. The minimum Gasteiger partial charge on any atom is -0.387 e. The van der Waals surface area contributed by atoms with Crippen LogP contribution in [0.1, 0.15) is 25.1 Å². The van der Waals surface area contributed by atoms with Gasteiger partial charge in [0, 0.05) is 18.4 Å². The van der Waals surface area contributed by atoms with Crippen LogP contribution in [-0.2, 0) is 6.42 Å². The molecule has 102 valence electrons. The number of halogens is 2. The molecule has 0 fully saturated rings. The fourth-order valence-corrected chi connectivity index (χ4v) is 2.81. The predicted molar refractivity (Wildman–Crippen MR) is 82.2 cm³/mol. The Bertz CT molecular complexity index is 623. The van der Waals surface area contributed by atoms with E-state index in [1.165, 1.54) is 0 Å². The zero-order chi connectivity index (χ0) is 14.2. The number of pyridine rings is 1. The number of benzene rings is 1. The average Bonchev–Trinajstić information content (AvgIpc) is 2.34. The molecule has 0 bridgehead atoms. The second kappa shape index (κ2) is 5.45. The highest BCUT2D eigenvalue weighted by Crippen LogP contribution is 2.33. The number of hydrogen-bond donors (Lipinski definition) is 1. The van der Waals surface area contributed by atoms with Crippen molar-refractivity contribution in [2.24, 2.45) is 5.92 Å². The third kappa shape index (κ3) is 2.73. The molecular weight excluding hydrogens is 307 g/mol. The van der Waals surface area contributed by atoms with Crippen LogP contribution >= 0.6 is 15.9 Å². The van der Waals surface area contributed by atoms with Gasteiger partial charge in [0.2, 0.25) is 0 Å². The van der Waals surface area contributed by atoms with E-state index >= 15 is 0 Å². The summed E-state index contributed by atoms with van der Waals surface area (Å²) < 4.78 is 14.8. The lowest BCUT2D eigenvalue weighted by Gasteiger charge is -2.13. The summed E-state index contributed by atoms with van der Waals surface area (Å²) in [5.74, 6) is 0.267. The first-order chi connectivity index (χ1) is 8.93. The van der Waals surface area contributed by atoms with Crippen LogP contribution in [0.3, 0.4) is 0 Å². The fraction of sp³-hybridized carbons (Fsp3) is 0.400. The molecule has 1 heterocycles. The molecule has 0 amide bonds. The Kier molecular flexibility index (Phi) is 4.09. The molecule has 0 aliphatic heterocycles. The van der Waals surface area contributed by atoms with Crippen LogP contribution in [0, 0.1) is 18.7 Å². The predicted octanol–water partition coefficient (Wildman–Crippen LogP) is 4.69. The molecule has 0 unspecified atom stereocenters. The van der Waals surface area contributed by atoms with E-state index in [0.717, 1.165) is 28.9 Å². The summed E-state index contributed by atoms with van der Waals surface area (Å²) in [4.78, 5) is 4.62. The van der Waals surface area contributed by atoms with Crippen molar-refractivity contribution in [2.75, 3.05) is 12.4 Å². The van der Waals surface area contributed by atoms with E-state index in [2.05, 4.69) is 40.1 Å². The molecular formula is C15H18BrFN2. The van der Waals surface area contributed by atoms with Crippen molar-refractivity contribution in [1.29, 1.82) is 0 Å². The number of rotatable bonds is 3. The molecule has 4 heteroatoms. The Hall–Kier alpha value is -1.16. The Morgan fingerprint density at radius 2 is 2.05 bits per heavy atom. The van der Waals surface area contributed by atoms with E-state index in [-0.39, 0.29) is 5.82 Å². The number of fused-ring (bicyclic) bond motifs is 1. The number of anilines is 1. The smallest absolute Gasteiger partial charge is 0.148 e. The summed E-state index contributed by atoms with van der Waals surface area (Å²) in [7, 11) is 1.81. The molecule has 0 radical (unpaired) electrons. The van der Waals surface area contributed by atoms with Gasteiger partial charge in [-0.25, -0.2) is 4.39 Å². The van der Waals surface area contributed by atoms with E-state index in [0.29, 0.717) is 15.8 Å². The molecule has 1 aromatic heterocycles. The van der Waals surface area contributed by atoms with Crippen molar-refractivity contribution < 1.29 is 4.39 Å². The third-order valence-electron chi connectivity index (χ3n) is 3.11. The van der Waals surface area contributed by atoms with Gasteiger partial charge in [0.25, 0.3) is 0 Å². The van der Waals surface area contributed by atoms with Crippen molar-refractivity contribution in [3.63, 3.8) is 0 Å². The standard InChI is InChI=1S/C15H18BrFN2/c1-8(2)5-10-7-12(18-4)13-14(17)11(16)6-9(3)15(13)19-10/h6-8H,5H2,1-4H3,(H,18,19). The van der Waals surface area contributed by atoms with Gasteiger partial charge in [-0.2, -0.15) is 0 Å². The number of hydrogen-bond acceptors (Lipinski definition) is 2. The number of aromatic nitrogens is 1. The molecule has 1 aromatic carbocycles. The minimum absolute atomic E-state index is 0.256. The molecule has 0 spiro atoms. The van der Waals surface area contributed by atoms with Gasteiger partial charge < -0.3 is 5.32 Å². The van der Waals surface area contributed by atoms with Gasteiger partial charge in [0.1, 0.15) is 5.82 Å². The van der Waals surface area contributed by atoms with Gasteiger partial charge in [0.05, 0.1) is 15.4 Å². The highest BCUT2D eigenvalue weighted by molar-refractivity contribution is 9.10. The van der Waals surface area contributed by atoms with Crippen LogP contribution in [0.4, 0.5) is 10.1 Å². The van der Waals surface area contributed by atoms with E-state index in [1.54, 1.807) is 6.07 Å². The molecule has 2 rings (SSSR count). The van der Waals surface area contributed by atoms with Gasteiger partial charge in [-0.1, -0.05) is 13.8 Å². The number of nitrogens with zero attached hydrogens (tertiary/aromatic N) is 1. The van der Waals surface area contributed by atoms with Crippen molar-refractivity contribution in [1.82, 2.24) is 4.98 Å². The Labute approximate surface area is 121 Å². The largest absolute Gasteiger partial charge is 0.387 e. The molecule has 1 N–H and O–H groups in total. The van der Waals surface area contributed by atoms with Crippen molar-refractivity contribution in [3.8, 4) is 0 Å². The number of nitrogens with one attached hydrogen (secondary N) is 1. The molecule has 0 aliphatic carbocycles. The Morgan fingerprint density at radius 1 is 1.37 bits per heavy atom. The maximum atomic E-state index is 14.3. The summed E-state index contributed by atoms with van der Waals surface area (Å²) in [5.41, 5.74) is 3.51. The Morgan fingerprint density at radius 3 is 2.63 bits per heavy atom. The van der Waals surface area contributed by atoms with E-state index in [4.69, 9.17) is 0 Å². The van der Waals surface area contributed by atoms with Gasteiger partial charge in [-0.15, -0.1) is 0 Å². The van der Waals surface area contributed by atoms with Crippen LogP contribution in [0.25, 0.3) is 10.9 Å². The van der Waals surface area contributed by atoms with E-state index in [9.17, 15) is 4.39 Å². The van der Waals surface area contributed by atoms with Crippen molar-refractivity contribution >= 4 is 32.5 Å². The van der Waals surface area contributed by atoms with E-state index in [1.807, 2.05) is 20.0 Å². The second-order valence-electron chi connectivity index (χ2n) is 5.22. The summed E-state index contributed by atoms with van der Waals surface area (Å²) in [6.07, 6.45) is 0.891.